The Balaban J connectivity index is 2.22. The molecule has 2 rings (SSSR count). The number of piperidine rings is 1. The van der Waals surface area contributed by atoms with E-state index in [9.17, 15) is 23.1 Å². The zero-order valence-electron chi connectivity index (χ0n) is 13.7. The van der Waals surface area contributed by atoms with Crippen LogP contribution in [-0.4, -0.2) is 55.2 Å². The third kappa shape index (κ3) is 3.68. The summed E-state index contributed by atoms with van der Waals surface area (Å²) in [5.74, 6) is -2.42. The van der Waals surface area contributed by atoms with Crippen molar-refractivity contribution in [1.82, 2.24) is 4.31 Å². The number of esters is 1. The standard InChI is InChI=1S/C15H25NO6S/c1-11-5-6-12(13(17)18)9-16(11)23(20,21)10-15(14(19)22-2)7-3-4-8-15/h11-12H,3-10H2,1-2H3,(H,17,18). The number of aliphatic carboxylic acids is 1. The molecule has 0 aromatic rings. The molecule has 2 atom stereocenters. The number of ether oxygens (including phenoxy) is 1. The van der Waals surface area contributed by atoms with Gasteiger partial charge in [0.25, 0.3) is 0 Å². The lowest BCUT2D eigenvalue weighted by Crippen LogP contribution is -2.51. The van der Waals surface area contributed by atoms with Gasteiger partial charge in [0.2, 0.25) is 10.0 Å². The van der Waals surface area contributed by atoms with E-state index in [0.717, 1.165) is 12.8 Å². The van der Waals surface area contributed by atoms with E-state index < -0.39 is 33.3 Å². The van der Waals surface area contributed by atoms with E-state index in [1.54, 1.807) is 6.92 Å². The van der Waals surface area contributed by atoms with Gasteiger partial charge in [-0.25, -0.2) is 8.42 Å². The highest BCUT2D eigenvalue weighted by Gasteiger charge is 2.48. The highest BCUT2D eigenvalue weighted by molar-refractivity contribution is 7.89. The largest absolute Gasteiger partial charge is 0.481 e. The maximum atomic E-state index is 12.9. The average Bonchev–Trinajstić information content (AvgIpc) is 2.95. The van der Waals surface area contributed by atoms with Crippen LogP contribution in [0.5, 0.6) is 0 Å². The van der Waals surface area contributed by atoms with Crippen LogP contribution in [0.1, 0.15) is 45.4 Å². The number of hydrogen-bond donors (Lipinski definition) is 1. The summed E-state index contributed by atoms with van der Waals surface area (Å²) in [7, 11) is -2.45. The molecule has 0 aromatic carbocycles. The van der Waals surface area contributed by atoms with E-state index in [1.165, 1.54) is 11.4 Å². The molecule has 1 saturated carbocycles. The third-order valence-electron chi connectivity index (χ3n) is 5.17. The Kier molecular flexibility index (Phi) is 5.35. The van der Waals surface area contributed by atoms with Crippen molar-refractivity contribution in [3.05, 3.63) is 0 Å². The second-order valence-corrected chi connectivity index (χ2v) is 8.69. The Morgan fingerprint density at radius 2 is 1.87 bits per heavy atom. The van der Waals surface area contributed by atoms with Gasteiger partial charge in [0.05, 0.1) is 24.2 Å². The van der Waals surface area contributed by atoms with E-state index in [0.29, 0.717) is 25.7 Å². The van der Waals surface area contributed by atoms with Crippen LogP contribution in [0.25, 0.3) is 0 Å². The van der Waals surface area contributed by atoms with Gasteiger partial charge in [0, 0.05) is 12.6 Å². The molecule has 0 amide bonds. The molecule has 2 unspecified atom stereocenters. The number of nitrogens with zero attached hydrogens (tertiary/aromatic N) is 1. The summed E-state index contributed by atoms with van der Waals surface area (Å²) in [6, 6.07) is -0.244. The molecule has 0 spiro atoms. The number of hydrogen-bond acceptors (Lipinski definition) is 5. The predicted octanol–water partition coefficient (Wildman–Crippen LogP) is 1.23. The van der Waals surface area contributed by atoms with Gasteiger partial charge in [-0.15, -0.1) is 0 Å². The van der Waals surface area contributed by atoms with Crippen molar-refractivity contribution in [2.75, 3.05) is 19.4 Å². The number of carboxylic acids is 1. The molecule has 0 radical (unpaired) electrons. The second kappa shape index (κ2) is 6.76. The molecule has 132 valence electrons. The van der Waals surface area contributed by atoms with Crippen molar-refractivity contribution in [1.29, 1.82) is 0 Å². The average molecular weight is 347 g/mol. The van der Waals surface area contributed by atoms with Crippen LogP contribution in [0, 0.1) is 11.3 Å². The number of carbonyl (C=O) groups is 2. The summed E-state index contributed by atoms with van der Waals surface area (Å²) in [6.07, 6.45) is 3.61. The van der Waals surface area contributed by atoms with Gasteiger partial charge in [0.1, 0.15) is 0 Å². The summed E-state index contributed by atoms with van der Waals surface area (Å²) in [5.41, 5.74) is -0.983. The molecule has 23 heavy (non-hydrogen) atoms. The van der Waals surface area contributed by atoms with Crippen LogP contribution < -0.4 is 0 Å². The highest BCUT2D eigenvalue weighted by Crippen LogP contribution is 2.41. The summed E-state index contributed by atoms with van der Waals surface area (Å²) < 4.78 is 31.9. The van der Waals surface area contributed by atoms with Crippen LogP contribution in [0.3, 0.4) is 0 Å². The normalized spacial score (nSPS) is 28.4. The lowest BCUT2D eigenvalue weighted by molar-refractivity contribution is -0.151. The van der Waals surface area contributed by atoms with E-state index in [1.807, 2.05) is 0 Å². The fraction of sp³-hybridized carbons (Fsp3) is 0.867. The van der Waals surface area contributed by atoms with Gasteiger partial charge in [-0.3, -0.25) is 9.59 Å². The first kappa shape index (κ1) is 18.2. The molecular formula is C15H25NO6S. The molecule has 2 fully saturated rings. The molecule has 8 heteroatoms. The van der Waals surface area contributed by atoms with Crippen molar-refractivity contribution < 1.29 is 27.9 Å². The predicted molar refractivity (Wildman–Crippen MR) is 83.2 cm³/mol. The number of carboxylic acid groups (broad SMARTS) is 1. The van der Waals surface area contributed by atoms with Gasteiger partial charge < -0.3 is 9.84 Å². The van der Waals surface area contributed by atoms with Gasteiger partial charge in [-0.05, 0) is 32.6 Å². The Bertz CT molecular complexity index is 567. The molecule has 1 aliphatic carbocycles. The fourth-order valence-electron chi connectivity index (χ4n) is 3.77. The van der Waals surface area contributed by atoms with E-state index in [-0.39, 0.29) is 18.3 Å². The van der Waals surface area contributed by atoms with Gasteiger partial charge in [-0.1, -0.05) is 12.8 Å². The second-order valence-electron chi connectivity index (χ2n) is 6.77. The SMILES string of the molecule is COC(=O)C1(CS(=O)(=O)N2CC(C(=O)O)CCC2C)CCCC1. The number of rotatable bonds is 5. The fourth-order valence-corrected chi connectivity index (χ4v) is 6.10. The summed E-state index contributed by atoms with van der Waals surface area (Å²) >= 11 is 0. The lowest BCUT2D eigenvalue weighted by Gasteiger charge is -2.37. The van der Waals surface area contributed by atoms with E-state index in [4.69, 9.17) is 4.74 Å². The van der Waals surface area contributed by atoms with Crippen LogP contribution in [-0.2, 0) is 24.3 Å². The number of sulfonamides is 1. The Morgan fingerprint density at radius 3 is 2.39 bits per heavy atom. The first-order chi connectivity index (χ1) is 10.7. The third-order valence-corrected chi connectivity index (χ3v) is 7.31. The monoisotopic (exact) mass is 347 g/mol. The topological polar surface area (TPSA) is 101 Å². The molecule has 7 nitrogen and oxygen atoms in total. The van der Waals surface area contributed by atoms with E-state index >= 15 is 0 Å². The lowest BCUT2D eigenvalue weighted by atomic mass is 9.89. The Morgan fingerprint density at radius 1 is 1.26 bits per heavy atom. The molecular weight excluding hydrogens is 322 g/mol. The first-order valence-corrected chi connectivity index (χ1v) is 9.63. The summed E-state index contributed by atoms with van der Waals surface area (Å²) in [5, 5.41) is 9.17. The molecule has 1 N–H and O–H groups in total. The summed E-state index contributed by atoms with van der Waals surface area (Å²) in [4.78, 5) is 23.4. The minimum Gasteiger partial charge on any atom is -0.481 e. The van der Waals surface area contributed by atoms with Gasteiger partial charge >= 0.3 is 11.9 Å². The molecule has 1 aliphatic heterocycles. The van der Waals surface area contributed by atoms with Crippen molar-refractivity contribution in [3.8, 4) is 0 Å². The molecule has 1 heterocycles. The van der Waals surface area contributed by atoms with Crippen molar-refractivity contribution >= 4 is 22.0 Å². The quantitative estimate of drug-likeness (QED) is 0.751. The maximum absolute atomic E-state index is 12.9. The highest BCUT2D eigenvalue weighted by atomic mass is 32.2. The molecule has 0 aromatic heterocycles. The smallest absolute Gasteiger partial charge is 0.312 e. The van der Waals surface area contributed by atoms with Crippen LogP contribution in [0.4, 0.5) is 0 Å². The zero-order valence-corrected chi connectivity index (χ0v) is 14.5. The Labute approximate surface area is 137 Å². The van der Waals surface area contributed by atoms with Crippen molar-refractivity contribution in [2.45, 2.75) is 51.5 Å². The molecule has 2 aliphatic rings. The van der Waals surface area contributed by atoms with Crippen LogP contribution in [0.15, 0.2) is 0 Å². The zero-order chi connectivity index (χ0) is 17.3. The van der Waals surface area contributed by atoms with Crippen molar-refractivity contribution in [3.63, 3.8) is 0 Å². The maximum Gasteiger partial charge on any atom is 0.312 e. The van der Waals surface area contributed by atoms with E-state index in [2.05, 4.69) is 0 Å². The Hall–Kier alpha value is -1.15. The molecule has 0 bridgehead atoms. The van der Waals surface area contributed by atoms with Gasteiger partial charge in [-0.2, -0.15) is 4.31 Å². The minimum atomic E-state index is -3.73. The van der Waals surface area contributed by atoms with Crippen LogP contribution in [0.2, 0.25) is 0 Å². The minimum absolute atomic E-state index is 0.0178. The van der Waals surface area contributed by atoms with Crippen LogP contribution >= 0.6 is 0 Å². The number of methoxy groups -OCH3 is 1. The number of carbonyl (C=O) groups excluding carboxylic acids is 1. The van der Waals surface area contributed by atoms with Gasteiger partial charge in [0.15, 0.2) is 0 Å². The molecule has 1 saturated heterocycles. The first-order valence-electron chi connectivity index (χ1n) is 8.02. The van der Waals surface area contributed by atoms with Crippen molar-refractivity contribution in [2.24, 2.45) is 11.3 Å². The summed E-state index contributed by atoms with van der Waals surface area (Å²) in [6.45, 7) is 1.77.